The van der Waals surface area contributed by atoms with E-state index in [1.54, 1.807) is 0 Å². The SMILES string of the molecule is Cc1ccc2c(C)nc(NC3NC(=O)CC(CCC(C)C)N3)nc2c1. The van der Waals surface area contributed by atoms with E-state index < -0.39 is 0 Å². The molecule has 0 aliphatic carbocycles. The Bertz CT molecular complexity index is 774. The van der Waals surface area contributed by atoms with Gasteiger partial charge in [-0.05, 0) is 44.2 Å². The minimum Gasteiger partial charge on any atom is -0.323 e. The third kappa shape index (κ3) is 4.45. The van der Waals surface area contributed by atoms with E-state index in [1.807, 2.05) is 26.0 Å². The lowest BCUT2D eigenvalue weighted by atomic mass is 10.00. The Hall–Kier alpha value is -2.21. The zero-order valence-corrected chi connectivity index (χ0v) is 15.4. The molecule has 1 aliphatic heterocycles. The van der Waals surface area contributed by atoms with Crippen LogP contribution in [0, 0.1) is 19.8 Å². The highest BCUT2D eigenvalue weighted by molar-refractivity contribution is 5.82. The Morgan fingerprint density at radius 3 is 2.84 bits per heavy atom. The molecule has 1 fully saturated rings. The number of nitrogens with one attached hydrogen (secondary N) is 3. The first-order chi connectivity index (χ1) is 11.9. The molecule has 0 radical (unpaired) electrons. The summed E-state index contributed by atoms with van der Waals surface area (Å²) in [5.41, 5.74) is 2.99. The Morgan fingerprint density at radius 2 is 2.08 bits per heavy atom. The van der Waals surface area contributed by atoms with E-state index >= 15 is 0 Å². The molecule has 2 atom stereocenters. The minimum absolute atomic E-state index is 0.0540. The average Bonchev–Trinajstić information content (AvgIpc) is 2.52. The Kier molecular flexibility index (Phi) is 5.18. The second-order valence-electron chi connectivity index (χ2n) is 7.34. The second-order valence-corrected chi connectivity index (χ2v) is 7.34. The normalized spacial score (nSPS) is 20.8. The van der Waals surface area contributed by atoms with Gasteiger partial charge in [-0.3, -0.25) is 10.1 Å². The zero-order valence-electron chi connectivity index (χ0n) is 15.4. The predicted octanol–water partition coefficient (Wildman–Crippen LogP) is 2.86. The van der Waals surface area contributed by atoms with Crippen molar-refractivity contribution in [3.05, 3.63) is 29.5 Å². The molecule has 1 aromatic carbocycles. The van der Waals surface area contributed by atoms with Crippen LogP contribution in [0.1, 0.15) is 44.4 Å². The van der Waals surface area contributed by atoms with Gasteiger partial charge in [0.15, 0.2) is 6.29 Å². The van der Waals surface area contributed by atoms with Crippen LogP contribution in [0.15, 0.2) is 18.2 Å². The number of fused-ring (bicyclic) bond motifs is 1. The van der Waals surface area contributed by atoms with Crippen molar-refractivity contribution < 1.29 is 4.79 Å². The van der Waals surface area contributed by atoms with E-state index in [2.05, 4.69) is 45.8 Å². The number of amides is 1. The van der Waals surface area contributed by atoms with Crippen molar-refractivity contribution in [2.75, 3.05) is 5.32 Å². The summed E-state index contributed by atoms with van der Waals surface area (Å²) in [6.45, 7) is 8.42. The third-order valence-electron chi connectivity index (χ3n) is 4.55. The van der Waals surface area contributed by atoms with Gasteiger partial charge >= 0.3 is 0 Å². The third-order valence-corrected chi connectivity index (χ3v) is 4.55. The monoisotopic (exact) mass is 341 g/mol. The van der Waals surface area contributed by atoms with E-state index in [4.69, 9.17) is 0 Å². The second kappa shape index (κ2) is 7.35. The molecule has 3 rings (SSSR count). The van der Waals surface area contributed by atoms with Gasteiger partial charge in [-0.15, -0.1) is 0 Å². The van der Waals surface area contributed by atoms with Crippen molar-refractivity contribution in [1.82, 2.24) is 20.6 Å². The van der Waals surface area contributed by atoms with Gasteiger partial charge in [0.1, 0.15) is 0 Å². The summed E-state index contributed by atoms with van der Waals surface area (Å²) in [5, 5.41) is 10.6. The summed E-state index contributed by atoms with van der Waals surface area (Å²) in [4.78, 5) is 21.1. The molecule has 6 heteroatoms. The van der Waals surface area contributed by atoms with Gasteiger partial charge in [0.05, 0.1) is 11.2 Å². The largest absolute Gasteiger partial charge is 0.323 e. The van der Waals surface area contributed by atoms with Crippen LogP contribution >= 0.6 is 0 Å². The van der Waals surface area contributed by atoms with Gasteiger partial charge < -0.3 is 10.6 Å². The topological polar surface area (TPSA) is 78.9 Å². The number of carbonyl (C=O) groups excluding carboxylic acids is 1. The maximum atomic E-state index is 12.0. The standard InChI is InChI=1S/C19H27N5O/c1-11(2)5-7-14-10-17(25)23-19(21-14)24-18-20-13(4)15-8-6-12(3)9-16(15)22-18/h6,8-9,11,14,19,21H,5,7,10H2,1-4H3,(H,23,25)(H,20,22,24). The number of hydrogen-bond acceptors (Lipinski definition) is 5. The zero-order chi connectivity index (χ0) is 18.0. The molecule has 0 spiro atoms. The molecular formula is C19H27N5O. The molecule has 0 bridgehead atoms. The smallest absolute Gasteiger partial charge is 0.226 e. The van der Waals surface area contributed by atoms with Crippen LogP contribution in [-0.4, -0.2) is 28.2 Å². The number of anilines is 1. The fourth-order valence-electron chi connectivity index (χ4n) is 3.17. The Balaban J connectivity index is 1.74. The van der Waals surface area contributed by atoms with Crippen molar-refractivity contribution in [2.45, 2.75) is 59.3 Å². The molecule has 1 aromatic heterocycles. The van der Waals surface area contributed by atoms with Crippen LogP contribution in [-0.2, 0) is 4.79 Å². The molecule has 2 aromatic rings. The maximum absolute atomic E-state index is 12.0. The molecular weight excluding hydrogens is 314 g/mol. The van der Waals surface area contributed by atoms with Gasteiger partial charge in [0.2, 0.25) is 11.9 Å². The molecule has 2 heterocycles. The van der Waals surface area contributed by atoms with Crippen molar-refractivity contribution in [3.63, 3.8) is 0 Å². The summed E-state index contributed by atoms with van der Waals surface area (Å²) in [6, 6.07) is 6.34. The molecule has 1 amide bonds. The maximum Gasteiger partial charge on any atom is 0.226 e. The van der Waals surface area contributed by atoms with Crippen LogP contribution in [0.3, 0.4) is 0 Å². The van der Waals surface area contributed by atoms with Crippen LogP contribution in [0.25, 0.3) is 10.9 Å². The number of aryl methyl sites for hydroxylation is 2. The first-order valence-electron chi connectivity index (χ1n) is 8.97. The van der Waals surface area contributed by atoms with Crippen molar-refractivity contribution in [1.29, 1.82) is 0 Å². The van der Waals surface area contributed by atoms with E-state index in [9.17, 15) is 4.79 Å². The van der Waals surface area contributed by atoms with Crippen LogP contribution < -0.4 is 16.0 Å². The number of benzene rings is 1. The Labute approximate surface area is 148 Å². The van der Waals surface area contributed by atoms with Crippen LogP contribution in [0.5, 0.6) is 0 Å². The van der Waals surface area contributed by atoms with Crippen LogP contribution in [0.2, 0.25) is 0 Å². The number of hydrogen-bond donors (Lipinski definition) is 3. The quantitative estimate of drug-likeness (QED) is 0.779. The highest BCUT2D eigenvalue weighted by Gasteiger charge is 2.26. The molecule has 0 saturated carbocycles. The van der Waals surface area contributed by atoms with E-state index in [1.165, 1.54) is 0 Å². The molecule has 1 saturated heterocycles. The van der Waals surface area contributed by atoms with E-state index in [-0.39, 0.29) is 18.2 Å². The molecule has 134 valence electrons. The lowest BCUT2D eigenvalue weighted by molar-refractivity contribution is -0.124. The van der Waals surface area contributed by atoms with Crippen molar-refractivity contribution >= 4 is 22.8 Å². The highest BCUT2D eigenvalue weighted by Crippen LogP contribution is 2.19. The molecule has 25 heavy (non-hydrogen) atoms. The minimum atomic E-state index is -0.347. The number of nitrogens with zero attached hydrogens (tertiary/aromatic N) is 2. The fraction of sp³-hybridized carbons (Fsp3) is 0.526. The van der Waals surface area contributed by atoms with E-state index in [0.717, 1.165) is 35.0 Å². The highest BCUT2D eigenvalue weighted by atomic mass is 16.2. The van der Waals surface area contributed by atoms with Gasteiger partial charge in [-0.1, -0.05) is 26.0 Å². The van der Waals surface area contributed by atoms with Crippen molar-refractivity contribution in [2.24, 2.45) is 5.92 Å². The van der Waals surface area contributed by atoms with Crippen LogP contribution in [0.4, 0.5) is 5.95 Å². The first-order valence-corrected chi connectivity index (χ1v) is 8.97. The average molecular weight is 341 g/mol. The van der Waals surface area contributed by atoms with E-state index in [0.29, 0.717) is 18.3 Å². The Morgan fingerprint density at radius 1 is 1.28 bits per heavy atom. The summed E-state index contributed by atoms with van der Waals surface area (Å²) < 4.78 is 0. The summed E-state index contributed by atoms with van der Waals surface area (Å²) >= 11 is 0. The summed E-state index contributed by atoms with van der Waals surface area (Å²) in [6.07, 6.45) is 2.25. The van der Waals surface area contributed by atoms with Gasteiger partial charge in [0.25, 0.3) is 0 Å². The molecule has 3 N–H and O–H groups in total. The summed E-state index contributed by atoms with van der Waals surface area (Å²) in [7, 11) is 0. The number of carbonyl (C=O) groups is 1. The predicted molar refractivity (Wildman–Crippen MR) is 100 cm³/mol. The lowest BCUT2D eigenvalue weighted by Crippen LogP contribution is -2.60. The molecule has 2 unspecified atom stereocenters. The number of aromatic nitrogens is 2. The van der Waals surface area contributed by atoms with Gasteiger partial charge in [-0.25, -0.2) is 9.97 Å². The first kappa shape index (κ1) is 17.6. The molecule has 1 aliphatic rings. The van der Waals surface area contributed by atoms with Gasteiger partial charge in [-0.2, -0.15) is 0 Å². The lowest BCUT2D eigenvalue weighted by Gasteiger charge is -2.32. The van der Waals surface area contributed by atoms with Gasteiger partial charge in [0, 0.05) is 17.8 Å². The summed E-state index contributed by atoms with van der Waals surface area (Å²) in [5.74, 6) is 1.21. The number of rotatable bonds is 5. The fourth-order valence-corrected chi connectivity index (χ4v) is 3.17. The van der Waals surface area contributed by atoms with Crippen molar-refractivity contribution in [3.8, 4) is 0 Å². The molecule has 6 nitrogen and oxygen atoms in total.